The molecular weight excluding hydrogens is 944 g/mol. The van der Waals surface area contributed by atoms with Crippen molar-refractivity contribution in [3.8, 4) is 6.01 Å². The molecular formula is C50H59ClF4N12O4. The summed E-state index contributed by atoms with van der Waals surface area (Å²) < 4.78 is 68.2. The fraction of sp³-hybridized carbons (Fsp3) is 0.540. The van der Waals surface area contributed by atoms with Crippen LogP contribution in [0.1, 0.15) is 96.8 Å². The van der Waals surface area contributed by atoms with E-state index in [4.69, 9.17) is 32.2 Å². The molecule has 16 nitrogen and oxygen atoms in total. The normalized spacial score (nSPS) is 23.5. The smallest absolute Gasteiger partial charge is 0.418 e. The zero-order valence-electron chi connectivity index (χ0n) is 40.0. The molecule has 2 aromatic carbocycles. The predicted octanol–water partition coefficient (Wildman–Crippen LogP) is 6.07. The maximum Gasteiger partial charge on any atom is 0.418 e. The van der Waals surface area contributed by atoms with Crippen molar-refractivity contribution < 1.29 is 36.7 Å². The van der Waals surface area contributed by atoms with Gasteiger partial charge in [0.15, 0.2) is 5.83 Å². The number of piperazine rings is 2. The molecule has 5 saturated heterocycles. The van der Waals surface area contributed by atoms with Crippen molar-refractivity contribution in [3.63, 3.8) is 0 Å². The van der Waals surface area contributed by atoms with Crippen LogP contribution in [0.4, 0.5) is 29.1 Å². The number of nitrogens with two attached hydrogens (primary N) is 1. The number of anilines is 2. The second-order valence-corrected chi connectivity index (χ2v) is 20.8. The number of aliphatic imine (C=N–C) groups is 1. The molecule has 10 rings (SSSR count). The zero-order chi connectivity index (χ0) is 49.9. The number of fused-ring (bicyclic) bond motifs is 3. The number of piperidine rings is 2. The minimum Gasteiger partial charge on any atom is -0.463 e. The Hall–Kier alpha value is -5.70. The number of likely N-dealkylation sites (tertiary alicyclic amines) is 1. The lowest BCUT2D eigenvalue weighted by atomic mass is 9.88. The van der Waals surface area contributed by atoms with Crippen LogP contribution in [-0.2, 0) is 27.6 Å². The van der Waals surface area contributed by atoms with E-state index < -0.39 is 39.8 Å². The van der Waals surface area contributed by atoms with E-state index >= 15 is 4.39 Å². The third-order valence-electron chi connectivity index (χ3n) is 15.5. The van der Waals surface area contributed by atoms with Crippen LogP contribution in [0.15, 0.2) is 35.3 Å². The lowest BCUT2D eigenvalue weighted by Crippen LogP contribution is -2.53. The molecule has 1 saturated carbocycles. The van der Waals surface area contributed by atoms with Crippen molar-refractivity contribution in [2.24, 2.45) is 17.5 Å². The van der Waals surface area contributed by atoms with Gasteiger partial charge in [0.1, 0.15) is 17.2 Å². The summed E-state index contributed by atoms with van der Waals surface area (Å²) in [5.41, 5.74) is 5.90. The van der Waals surface area contributed by atoms with Gasteiger partial charge in [-0.3, -0.25) is 39.2 Å². The van der Waals surface area contributed by atoms with E-state index in [1.54, 1.807) is 6.92 Å². The molecule has 3 amide bonds. The van der Waals surface area contributed by atoms with Crippen molar-refractivity contribution >= 4 is 70.0 Å². The van der Waals surface area contributed by atoms with Crippen LogP contribution >= 0.6 is 11.6 Å². The summed E-state index contributed by atoms with van der Waals surface area (Å²) in [6.07, 6.45) is 1.38. The molecule has 71 heavy (non-hydrogen) atoms. The number of aromatic nitrogens is 4. The quantitative estimate of drug-likeness (QED) is 0.0611. The van der Waals surface area contributed by atoms with Gasteiger partial charge in [0, 0.05) is 99.0 Å². The summed E-state index contributed by atoms with van der Waals surface area (Å²) in [5, 5.41) is 11.0. The number of ether oxygens (including phenoxy) is 1. The number of aryl methyl sites for hydroxylation is 1. The van der Waals surface area contributed by atoms with Crippen LogP contribution in [0.3, 0.4) is 0 Å². The number of imide groups is 1. The van der Waals surface area contributed by atoms with Gasteiger partial charge in [0.25, 0.3) is 0 Å². The first-order valence-electron chi connectivity index (χ1n) is 24.5. The Morgan fingerprint density at radius 2 is 1.70 bits per heavy atom. The van der Waals surface area contributed by atoms with Gasteiger partial charge < -0.3 is 25.6 Å². The summed E-state index contributed by atoms with van der Waals surface area (Å²) in [7, 11) is 1.88. The minimum absolute atomic E-state index is 0.0903. The number of amides is 3. The zero-order valence-corrected chi connectivity index (χ0v) is 40.7. The summed E-state index contributed by atoms with van der Waals surface area (Å²) >= 11 is 6.06. The van der Waals surface area contributed by atoms with Crippen LogP contribution in [0.5, 0.6) is 6.01 Å². The number of carbonyl (C=O) groups is 3. The number of alkyl halides is 3. The van der Waals surface area contributed by atoms with Crippen molar-refractivity contribution in [3.05, 3.63) is 69.0 Å². The molecule has 3 unspecified atom stereocenters. The molecule has 378 valence electrons. The average Bonchev–Trinajstić information content (AvgIpc) is 3.91. The molecule has 7 heterocycles. The number of halogens is 5. The highest BCUT2D eigenvalue weighted by molar-refractivity contribution is 6.32. The van der Waals surface area contributed by atoms with Gasteiger partial charge in [-0.05, 0) is 101 Å². The van der Waals surface area contributed by atoms with E-state index in [9.17, 15) is 27.6 Å². The van der Waals surface area contributed by atoms with Crippen LogP contribution in [0.2, 0.25) is 5.02 Å². The fourth-order valence-electron chi connectivity index (χ4n) is 11.4. The van der Waals surface area contributed by atoms with Crippen molar-refractivity contribution in [1.82, 2.24) is 45.1 Å². The molecule has 6 aliphatic rings. The van der Waals surface area contributed by atoms with E-state index in [1.807, 2.05) is 22.7 Å². The number of nitrogens with one attached hydrogen (secondary N) is 2. The number of carbonyl (C=O) groups excluding carboxylic acids is 3. The number of rotatable bonds is 13. The van der Waals surface area contributed by atoms with Crippen LogP contribution in [0.25, 0.3) is 22.4 Å². The summed E-state index contributed by atoms with van der Waals surface area (Å²) in [5.74, 6) is -1.24. The van der Waals surface area contributed by atoms with E-state index in [0.29, 0.717) is 81.6 Å². The standard InChI is InChI=1S/C50H59ClF4N12O4/c1-28-43(42(52)45(57-2)36-21-31(56)22-37(51)41(36)50(53,54)55)60-48(61-46(28)67-23-32-5-6-33(24-67)58-32)71-27-49(12-13-49)26-65-16-18-66(19-17-65)40(69)25-64-14-10-29(11-15-64)30-4-7-34-38(20-30)63(3)62-44(34)35-8-9-39(68)59-47(35)70/h4,7,20-22,29,32-33,35,58H,2,5-6,8-19,23-27,56H2,1,3H3,(H,59,68,70)/b45-42+. The second kappa shape index (κ2) is 19.4. The predicted molar refractivity (Wildman–Crippen MR) is 262 cm³/mol. The second-order valence-electron chi connectivity index (χ2n) is 20.4. The SMILES string of the molecule is C=N/C(=C(/F)c1nc(OCC2(CN3CCN(C(=O)CN4CCC(c5ccc6c(C7CCC(=O)NC7=O)nn(C)c6c5)CC4)CC3)CC2)nc(N2CC3CCC(C2)N3)c1C)c1cc(N)cc(Cl)c1C(F)(F)F. The number of nitrogens with zero attached hydrogens (tertiary/aromatic N) is 9. The van der Waals surface area contributed by atoms with Crippen LogP contribution in [-0.4, -0.2) is 143 Å². The first-order valence-corrected chi connectivity index (χ1v) is 24.9. The van der Waals surface area contributed by atoms with E-state index in [2.05, 4.69) is 54.2 Å². The number of benzene rings is 2. The average molecular weight is 1000 g/mol. The summed E-state index contributed by atoms with van der Waals surface area (Å²) in [6.45, 7) is 11.9. The molecule has 1 aliphatic carbocycles. The van der Waals surface area contributed by atoms with Crippen molar-refractivity contribution in [2.75, 3.05) is 82.7 Å². The lowest BCUT2D eigenvalue weighted by molar-refractivity contribution is -0.138. The first kappa shape index (κ1) is 48.9. The monoisotopic (exact) mass is 1000 g/mol. The molecule has 3 atom stereocenters. The fourth-order valence-corrected chi connectivity index (χ4v) is 11.7. The van der Waals surface area contributed by atoms with Gasteiger partial charge in [-0.2, -0.15) is 28.2 Å². The molecule has 5 aliphatic heterocycles. The lowest BCUT2D eigenvalue weighted by Gasteiger charge is -2.38. The third kappa shape index (κ3) is 10.1. The summed E-state index contributed by atoms with van der Waals surface area (Å²) in [4.78, 5) is 59.6. The summed E-state index contributed by atoms with van der Waals surface area (Å²) in [6, 6.07) is 8.61. The molecule has 0 spiro atoms. The Balaban J connectivity index is 0.758. The number of hydrogen-bond donors (Lipinski definition) is 3. The topological polar surface area (TPSA) is 179 Å². The van der Waals surface area contributed by atoms with Crippen molar-refractivity contribution in [2.45, 2.75) is 88.4 Å². The molecule has 0 radical (unpaired) electrons. The molecule has 6 fully saturated rings. The maximum atomic E-state index is 16.9. The Labute approximate surface area is 414 Å². The maximum absolute atomic E-state index is 16.9. The Morgan fingerprint density at radius 1 is 0.986 bits per heavy atom. The van der Waals surface area contributed by atoms with Gasteiger partial charge in [-0.25, -0.2) is 4.39 Å². The van der Waals surface area contributed by atoms with Gasteiger partial charge in [0.05, 0.1) is 40.9 Å². The third-order valence-corrected chi connectivity index (χ3v) is 15.8. The Morgan fingerprint density at radius 3 is 2.37 bits per heavy atom. The van der Waals surface area contributed by atoms with Gasteiger partial charge in [0.2, 0.25) is 17.7 Å². The van der Waals surface area contributed by atoms with Gasteiger partial charge in [-0.15, -0.1) is 0 Å². The molecule has 2 aromatic heterocycles. The van der Waals surface area contributed by atoms with Crippen LogP contribution in [0, 0.1) is 12.3 Å². The largest absolute Gasteiger partial charge is 0.463 e. The highest BCUT2D eigenvalue weighted by Crippen LogP contribution is 2.48. The Kier molecular flexibility index (Phi) is 13.3. The van der Waals surface area contributed by atoms with Gasteiger partial charge >= 0.3 is 12.2 Å². The molecule has 4 N–H and O–H groups in total. The van der Waals surface area contributed by atoms with E-state index in [0.717, 1.165) is 81.2 Å². The Bertz CT molecular complexity index is 2790. The number of hydrogen-bond acceptors (Lipinski definition) is 13. The van der Waals surface area contributed by atoms with E-state index in [1.165, 1.54) is 5.56 Å². The van der Waals surface area contributed by atoms with Gasteiger partial charge in [-0.1, -0.05) is 23.7 Å². The molecule has 4 aromatic rings. The van der Waals surface area contributed by atoms with E-state index in [-0.39, 0.29) is 59.2 Å². The van der Waals surface area contributed by atoms with Crippen molar-refractivity contribution in [1.29, 1.82) is 0 Å². The van der Waals surface area contributed by atoms with Crippen LogP contribution < -0.4 is 26.0 Å². The molecule has 21 heteroatoms. The minimum atomic E-state index is -4.95. The number of nitrogen functional groups attached to an aromatic ring is 1. The highest BCUT2D eigenvalue weighted by Gasteiger charge is 2.46. The highest BCUT2D eigenvalue weighted by atomic mass is 35.5. The molecule has 2 bridgehead atoms. The first-order chi connectivity index (χ1) is 34.0.